The Labute approximate surface area is 145 Å². The largest absolute Gasteiger partial charge is 0.465 e. The number of benzene rings is 1. The van der Waals surface area contributed by atoms with Crippen molar-refractivity contribution in [3.05, 3.63) is 35.4 Å². The van der Waals surface area contributed by atoms with Crippen LogP contribution >= 0.6 is 0 Å². The third kappa shape index (κ3) is 5.64. The van der Waals surface area contributed by atoms with E-state index in [2.05, 4.69) is 5.32 Å². The molecule has 0 bridgehead atoms. The summed E-state index contributed by atoms with van der Waals surface area (Å²) in [4.78, 5) is 37.6. The van der Waals surface area contributed by atoms with Crippen LogP contribution in [0.2, 0.25) is 0 Å². The first-order chi connectivity index (χ1) is 12.0. The highest BCUT2D eigenvalue weighted by molar-refractivity contribution is 5.82. The lowest BCUT2D eigenvalue weighted by molar-refractivity contribution is -0.131. The first-order valence-corrected chi connectivity index (χ1v) is 8.05. The number of nitrogens with two attached hydrogens (primary N) is 1. The Morgan fingerprint density at radius 2 is 1.52 bits per heavy atom. The van der Waals surface area contributed by atoms with Crippen molar-refractivity contribution >= 4 is 18.0 Å². The highest BCUT2D eigenvalue weighted by atomic mass is 16.4. The lowest BCUT2D eigenvalue weighted by Gasteiger charge is -2.34. The van der Waals surface area contributed by atoms with E-state index in [0.29, 0.717) is 39.3 Å². The molecule has 1 aliphatic rings. The average molecular weight is 349 g/mol. The third-order valence-corrected chi connectivity index (χ3v) is 4.01. The second-order valence-electron chi connectivity index (χ2n) is 5.71. The minimum atomic E-state index is -1.23. The predicted molar refractivity (Wildman–Crippen MR) is 90.7 cm³/mol. The third-order valence-electron chi connectivity index (χ3n) is 4.01. The molecule has 1 aromatic carbocycles. The number of carbonyl (C=O) groups is 3. The quantitative estimate of drug-likeness (QED) is 0.584. The van der Waals surface area contributed by atoms with E-state index in [1.165, 1.54) is 0 Å². The van der Waals surface area contributed by atoms with E-state index in [1.54, 1.807) is 9.80 Å². The van der Waals surface area contributed by atoms with Gasteiger partial charge >= 0.3 is 12.1 Å². The Morgan fingerprint density at radius 3 is 2.08 bits per heavy atom. The molecule has 25 heavy (non-hydrogen) atoms. The summed E-state index contributed by atoms with van der Waals surface area (Å²) in [6.45, 7) is 2.26. The van der Waals surface area contributed by atoms with Gasteiger partial charge in [0.15, 0.2) is 0 Å². The van der Waals surface area contributed by atoms with Crippen LogP contribution in [0.3, 0.4) is 0 Å². The smallest absolute Gasteiger partial charge is 0.405 e. The molecule has 1 aliphatic heterocycles. The number of nitrogens with one attached hydrogen (secondary N) is 2. The van der Waals surface area contributed by atoms with Crippen LogP contribution in [0.25, 0.3) is 0 Å². The fourth-order valence-corrected chi connectivity index (χ4v) is 2.50. The zero-order chi connectivity index (χ0) is 18.2. The molecule has 5 N–H and O–H groups in total. The van der Waals surface area contributed by atoms with Crippen LogP contribution in [0, 0.1) is 0 Å². The van der Waals surface area contributed by atoms with E-state index in [4.69, 9.17) is 10.8 Å². The highest BCUT2D eigenvalue weighted by Gasteiger charge is 2.24. The Kier molecular flexibility index (Phi) is 6.58. The molecule has 0 atom stereocenters. The molecule has 1 aromatic rings. The van der Waals surface area contributed by atoms with E-state index in [1.807, 2.05) is 29.6 Å². The molecule has 0 spiro atoms. The molecule has 4 amide bonds. The number of rotatable bonds is 5. The van der Waals surface area contributed by atoms with Crippen LogP contribution in [0.1, 0.15) is 11.1 Å². The number of nitrogens with zero attached hydrogens (tertiary/aromatic N) is 2. The number of carboxylic acid groups (broad SMARTS) is 1. The van der Waals surface area contributed by atoms with Crippen LogP contribution in [0.15, 0.2) is 24.3 Å². The van der Waals surface area contributed by atoms with Gasteiger partial charge in [-0.05, 0) is 11.1 Å². The summed E-state index contributed by atoms with van der Waals surface area (Å²) in [6, 6.07) is 7.52. The minimum Gasteiger partial charge on any atom is -0.465 e. The first kappa shape index (κ1) is 18.5. The standard InChI is InChI=1S/C16H23N5O4/c17-9-12-1-3-13(4-2-12)10-18-15(23)21-7-5-20(6-8-21)14(22)11-19-16(24)25/h1-4,19H,5-11,17H2,(H,18,23)(H,24,25). The van der Waals surface area contributed by atoms with Crippen molar-refractivity contribution in [2.24, 2.45) is 5.73 Å². The van der Waals surface area contributed by atoms with Crippen LogP contribution in [-0.4, -0.2) is 65.7 Å². The monoisotopic (exact) mass is 349 g/mol. The Balaban J connectivity index is 1.73. The summed E-state index contributed by atoms with van der Waals surface area (Å²) in [5.74, 6) is -0.289. The van der Waals surface area contributed by atoms with Crippen molar-refractivity contribution in [2.75, 3.05) is 32.7 Å². The molecular weight excluding hydrogens is 326 g/mol. The Hall–Kier alpha value is -2.81. The van der Waals surface area contributed by atoms with Gasteiger partial charge in [0.1, 0.15) is 6.54 Å². The van der Waals surface area contributed by atoms with E-state index < -0.39 is 6.09 Å². The Bertz CT molecular complexity index is 611. The van der Waals surface area contributed by atoms with Gasteiger partial charge in [-0.1, -0.05) is 24.3 Å². The van der Waals surface area contributed by atoms with Crippen molar-refractivity contribution in [1.82, 2.24) is 20.4 Å². The van der Waals surface area contributed by atoms with Gasteiger partial charge in [-0.3, -0.25) is 4.79 Å². The molecule has 0 unspecified atom stereocenters. The molecule has 1 fully saturated rings. The summed E-state index contributed by atoms with van der Waals surface area (Å²) in [5, 5.41) is 13.4. The normalized spacial score (nSPS) is 14.1. The number of carbonyl (C=O) groups excluding carboxylic acids is 2. The molecule has 9 nitrogen and oxygen atoms in total. The van der Waals surface area contributed by atoms with E-state index in [9.17, 15) is 14.4 Å². The summed E-state index contributed by atoms with van der Waals surface area (Å²) in [7, 11) is 0. The van der Waals surface area contributed by atoms with Gasteiger partial charge in [0.2, 0.25) is 5.91 Å². The first-order valence-electron chi connectivity index (χ1n) is 8.05. The zero-order valence-corrected chi connectivity index (χ0v) is 13.9. The van der Waals surface area contributed by atoms with E-state index in [0.717, 1.165) is 11.1 Å². The van der Waals surface area contributed by atoms with Crippen LogP contribution in [-0.2, 0) is 17.9 Å². The zero-order valence-electron chi connectivity index (χ0n) is 13.9. The van der Waals surface area contributed by atoms with Crippen LogP contribution in [0.4, 0.5) is 9.59 Å². The van der Waals surface area contributed by atoms with Gasteiger partial charge in [-0.2, -0.15) is 0 Å². The number of amides is 4. The summed E-state index contributed by atoms with van der Waals surface area (Å²) in [5.41, 5.74) is 7.57. The SMILES string of the molecule is NCc1ccc(CNC(=O)N2CCN(C(=O)CNC(=O)O)CC2)cc1. The van der Waals surface area contributed by atoms with Gasteiger partial charge < -0.3 is 31.3 Å². The van der Waals surface area contributed by atoms with Crippen molar-refractivity contribution < 1.29 is 19.5 Å². The van der Waals surface area contributed by atoms with Crippen molar-refractivity contribution in [3.8, 4) is 0 Å². The van der Waals surface area contributed by atoms with Gasteiger partial charge in [0, 0.05) is 39.3 Å². The summed E-state index contributed by atoms with van der Waals surface area (Å²) >= 11 is 0. The number of hydrogen-bond acceptors (Lipinski definition) is 4. The molecule has 2 rings (SSSR count). The van der Waals surface area contributed by atoms with Crippen LogP contribution in [0.5, 0.6) is 0 Å². The second-order valence-corrected chi connectivity index (χ2v) is 5.71. The predicted octanol–water partition coefficient (Wildman–Crippen LogP) is -0.233. The molecule has 1 heterocycles. The maximum atomic E-state index is 12.2. The molecule has 0 radical (unpaired) electrons. The molecule has 0 aromatic heterocycles. The van der Waals surface area contributed by atoms with Gasteiger partial charge in [0.25, 0.3) is 0 Å². The van der Waals surface area contributed by atoms with Crippen molar-refractivity contribution in [3.63, 3.8) is 0 Å². The van der Waals surface area contributed by atoms with E-state index >= 15 is 0 Å². The molecule has 136 valence electrons. The van der Waals surface area contributed by atoms with Gasteiger partial charge in [0.05, 0.1) is 0 Å². The highest BCUT2D eigenvalue weighted by Crippen LogP contribution is 2.05. The maximum absolute atomic E-state index is 12.2. The summed E-state index contributed by atoms with van der Waals surface area (Å²) in [6.07, 6.45) is -1.23. The second kappa shape index (κ2) is 8.88. The van der Waals surface area contributed by atoms with Gasteiger partial charge in [-0.15, -0.1) is 0 Å². The van der Waals surface area contributed by atoms with Gasteiger partial charge in [-0.25, -0.2) is 9.59 Å². The van der Waals surface area contributed by atoms with Crippen molar-refractivity contribution in [1.29, 1.82) is 0 Å². The van der Waals surface area contributed by atoms with E-state index in [-0.39, 0.29) is 18.5 Å². The number of hydrogen-bond donors (Lipinski definition) is 4. The molecular formula is C16H23N5O4. The lowest BCUT2D eigenvalue weighted by atomic mass is 10.1. The number of piperazine rings is 1. The lowest BCUT2D eigenvalue weighted by Crippen LogP contribution is -2.54. The molecule has 1 saturated heterocycles. The Morgan fingerprint density at radius 1 is 0.960 bits per heavy atom. The average Bonchev–Trinajstić information content (AvgIpc) is 2.64. The maximum Gasteiger partial charge on any atom is 0.405 e. The molecule has 9 heteroatoms. The molecule has 0 saturated carbocycles. The summed E-state index contributed by atoms with van der Waals surface area (Å²) < 4.78 is 0. The van der Waals surface area contributed by atoms with Crippen LogP contribution < -0.4 is 16.4 Å². The number of urea groups is 1. The fourth-order valence-electron chi connectivity index (χ4n) is 2.50. The van der Waals surface area contributed by atoms with Crippen molar-refractivity contribution in [2.45, 2.75) is 13.1 Å². The fraction of sp³-hybridized carbons (Fsp3) is 0.438. The minimum absolute atomic E-state index is 0.182. The molecule has 0 aliphatic carbocycles. The topological polar surface area (TPSA) is 128 Å².